The number of aromatic amines is 1. The van der Waals surface area contributed by atoms with Gasteiger partial charge in [0.25, 0.3) is 0 Å². The molecule has 0 spiro atoms. The third-order valence-electron chi connectivity index (χ3n) is 4.25. The molecule has 0 unspecified atom stereocenters. The van der Waals surface area contributed by atoms with E-state index in [1.807, 2.05) is 24.3 Å². The van der Waals surface area contributed by atoms with Gasteiger partial charge in [-0.15, -0.1) is 0 Å². The zero-order chi connectivity index (χ0) is 15.3. The lowest BCUT2D eigenvalue weighted by Gasteiger charge is -2.25. The largest absolute Gasteiger partial charge is 0.504 e. The van der Waals surface area contributed by atoms with E-state index in [1.54, 1.807) is 6.07 Å². The van der Waals surface area contributed by atoms with E-state index in [-0.39, 0.29) is 17.5 Å². The summed E-state index contributed by atoms with van der Waals surface area (Å²) in [5.41, 5.74) is 4.32. The number of aromatic nitrogens is 1. The predicted molar refractivity (Wildman–Crippen MR) is 86.6 cm³/mol. The minimum Gasteiger partial charge on any atom is -0.504 e. The van der Waals surface area contributed by atoms with Gasteiger partial charge in [0.15, 0.2) is 11.5 Å². The molecule has 1 aromatic heterocycles. The maximum atomic E-state index is 9.75. The summed E-state index contributed by atoms with van der Waals surface area (Å²) in [4.78, 5) is 3.46. The molecule has 2 aromatic carbocycles. The minimum absolute atomic E-state index is 0.0403. The van der Waals surface area contributed by atoms with Crippen molar-refractivity contribution in [1.29, 1.82) is 0 Å². The van der Waals surface area contributed by atoms with E-state index in [0.717, 1.165) is 40.1 Å². The highest BCUT2D eigenvalue weighted by molar-refractivity contribution is 6.31. The van der Waals surface area contributed by atoms with Gasteiger partial charge in [0.2, 0.25) is 0 Å². The summed E-state index contributed by atoms with van der Waals surface area (Å²) in [6.07, 6.45) is 0.927. The van der Waals surface area contributed by atoms with Gasteiger partial charge in [0, 0.05) is 28.2 Å². The first kappa shape index (κ1) is 13.5. The summed E-state index contributed by atoms with van der Waals surface area (Å²) in [5, 5.41) is 24.6. The highest BCUT2D eigenvalue weighted by Crippen LogP contribution is 2.36. The van der Waals surface area contributed by atoms with Gasteiger partial charge in [0.1, 0.15) is 0 Å². The Morgan fingerprint density at radius 3 is 2.73 bits per heavy atom. The molecule has 4 rings (SSSR count). The average molecular weight is 315 g/mol. The zero-order valence-electron chi connectivity index (χ0n) is 11.7. The van der Waals surface area contributed by atoms with Gasteiger partial charge >= 0.3 is 0 Å². The Hall–Kier alpha value is -2.17. The molecule has 1 aliphatic rings. The molecule has 1 aliphatic heterocycles. The van der Waals surface area contributed by atoms with Crippen LogP contribution in [0, 0.1) is 0 Å². The van der Waals surface area contributed by atoms with E-state index in [9.17, 15) is 10.2 Å². The van der Waals surface area contributed by atoms with Crippen LogP contribution in [0.3, 0.4) is 0 Å². The van der Waals surface area contributed by atoms with Crippen molar-refractivity contribution in [2.75, 3.05) is 6.54 Å². The summed E-state index contributed by atoms with van der Waals surface area (Å²) in [5.74, 6) is -0.214. The summed E-state index contributed by atoms with van der Waals surface area (Å²) in [6, 6.07) is 10.7. The average Bonchev–Trinajstić information content (AvgIpc) is 2.88. The second kappa shape index (κ2) is 4.93. The van der Waals surface area contributed by atoms with Crippen LogP contribution in [0.1, 0.15) is 22.9 Å². The lowest BCUT2D eigenvalue weighted by Crippen LogP contribution is -2.30. The van der Waals surface area contributed by atoms with Crippen molar-refractivity contribution < 1.29 is 10.2 Å². The number of fused-ring (bicyclic) bond motifs is 3. The SMILES string of the molecule is Oc1ccc([C@@H]2NCCc3c2[nH]c2ccc(Cl)cc32)cc1O. The van der Waals surface area contributed by atoms with Crippen LogP contribution in [0.15, 0.2) is 36.4 Å². The molecule has 0 fully saturated rings. The molecule has 0 amide bonds. The van der Waals surface area contributed by atoms with Crippen molar-refractivity contribution in [1.82, 2.24) is 10.3 Å². The quantitative estimate of drug-likeness (QED) is 0.520. The van der Waals surface area contributed by atoms with Crippen molar-refractivity contribution in [2.24, 2.45) is 0 Å². The number of aromatic hydroxyl groups is 2. The molecule has 1 atom stereocenters. The summed E-state index contributed by atoms with van der Waals surface area (Å²) >= 11 is 6.12. The zero-order valence-corrected chi connectivity index (χ0v) is 12.5. The van der Waals surface area contributed by atoms with Crippen LogP contribution in [0.2, 0.25) is 5.02 Å². The molecule has 5 heteroatoms. The Kier molecular flexibility index (Phi) is 3.03. The monoisotopic (exact) mass is 314 g/mol. The van der Waals surface area contributed by atoms with Gasteiger partial charge in [-0.25, -0.2) is 0 Å². The van der Waals surface area contributed by atoms with E-state index >= 15 is 0 Å². The number of phenols is 2. The normalized spacial score (nSPS) is 17.6. The minimum atomic E-state index is -0.108. The third kappa shape index (κ3) is 2.03. The Balaban J connectivity index is 1.88. The Morgan fingerprint density at radius 2 is 1.91 bits per heavy atom. The van der Waals surface area contributed by atoms with Gasteiger partial charge in [-0.2, -0.15) is 0 Å². The Labute approximate surface area is 132 Å². The van der Waals surface area contributed by atoms with Crippen molar-refractivity contribution in [3.63, 3.8) is 0 Å². The van der Waals surface area contributed by atoms with E-state index < -0.39 is 0 Å². The number of hydrogen-bond donors (Lipinski definition) is 4. The van der Waals surface area contributed by atoms with Crippen molar-refractivity contribution in [3.05, 3.63) is 58.2 Å². The van der Waals surface area contributed by atoms with E-state index in [0.29, 0.717) is 0 Å². The fraction of sp³-hybridized carbons (Fsp3) is 0.176. The van der Waals surface area contributed by atoms with Crippen LogP contribution in [-0.4, -0.2) is 21.7 Å². The molecule has 0 saturated carbocycles. The van der Waals surface area contributed by atoms with E-state index in [2.05, 4.69) is 10.3 Å². The van der Waals surface area contributed by atoms with Gasteiger partial charge in [-0.3, -0.25) is 0 Å². The summed E-state index contributed by atoms with van der Waals surface area (Å²) in [7, 11) is 0. The molecule has 0 aliphatic carbocycles. The molecule has 0 radical (unpaired) electrons. The number of phenolic OH excluding ortho intramolecular Hbond substituents is 2. The Morgan fingerprint density at radius 1 is 1.05 bits per heavy atom. The summed E-state index contributed by atoms with van der Waals surface area (Å²) < 4.78 is 0. The molecule has 22 heavy (non-hydrogen) atoms. The topological polar surface area (TPSA) is 68.3 Å². The standard InChI is InChI=1S/C17H15ClN2O2/c18-10-2-3-13-12(8-10)11-5-6-19-16(17(11)20-13)9-1-4-14(21)15(22)7-9/h1-4,7-8,16,19-22H,5-6H2/t16-/m0/s1. The number of rotatable bonds is 1. The van der Waals surface area contributed by atoms with Crippen molar-refractivity contribution in [3.8, 4) is 11.5 Å². The molecule has 2 heterocycles. The molecule has 4 nitrogen and oxygen atoms in total. The fourth-order valence-corrected chi connectivity index (χ4v) is 3.38. The number of benzene rings is 2. The molecular formula is C17H15ClN2O2. The maximum Gasteiger partial charge on any atom is 0.157 e. The van der Waals surface area contributed by atoms with Crippen LogP contribution in [0.4, 0.5) is 0 Å². The molecule has 0 bridgehead atoms. The summed E-state index contributed by atoms with van der Waals surface area (Å²) in [6.45, 7) is 0.846. The molecule has 112 valence electrons. The number of nitrogens with one attached hydrogen (secondary N) is 2. The molecular weight excluding hydrogens is 300 g/mol. The van der Waals surface area contributed by atoms with Gasteiger partial charge in [-0.1, -0.05) is 17.7 Å². The lowest BCUT2D eigenvalue weighted by atomic mass is 9.94. The smallest absolute Gasteiger partial charge is 0.157 e. The van der Waals surface area contributed by atoms with Gasteiger partial charge in [-0.05, 0) is 47.9 Å². The number of halogens is 1. The van der Waals surface area contributed by atoms with Crippen LogP contribution >= 0.6 is 11.6 Å². The first-order valence-corrected chi connectivity index (χ1v) is 7.56. The highest BCUT2D eigenvalue weighted by atomic mass is 35.5. The van der Waals surface area contributed by atoms with Crippen LogP contribution in [0.5, 0.6) is 11.5 Å². The van der Waals surface area contributed by atoms with Crippen LogP contribution in [-0.2, 0) is 6.42 Å². The Bertz CT molecular complexity index is 872. The molecule has 4 N–H and O–H groups in total. The molecule has 0 saturated heterocycles. The number of H-pyrrole nitrogens is 1. The first-order valence-electron chi connectivity index (χ1n) is 7.19. The van der Waals surface area contributed by atoms with Crippen LogP contribution in [0.25, 0.3) is 10.9 Å². The van der Waals surface area contributed by atoms with Gasteiger partial charge in [0.05, 0.1) is 6.04 Å². The predicted octanol–water partition coefficient (Wildman–Crippen LogP) is 3.47. The van der Waals surface area contributed by atoms with Crippen molar-refractivity contribution in [2.45, 2.75) is 12.5 Å². The number of hydrogen-bond acceptors (Lipinski definition) is 3. The second-order valence-electron chi connectivity index (χ2n) is 5.59. The first-order chi connectivity index (χ1) is 10.6. The maximum absolute atomic E-state index is 9.75. The van der Waals surface area contributed by atoms with Crippen LogP contribution < -0.4 is 5.32 Å². The second-order valence-corrected chi connectivity index (χ2v) is 6.03. The lowest BCUT2D eigenvalue weighted by molar-refractivity contribution is 0.402. The highest BCUT2D eigenvalue weighted by Gasteiger charge is 2.25. The van der Waals surface area contributed by atoms with Crippen molar-refractivity contribution >= 4 is 22.5 Å². The van der Waals surface area contributed by atoms with Gasteiger partial charge < -0.3 is 20.5 Å². The third-order valence-corrected chi connectivity index (χ3v) is 4.48. The molecule has 3 aromatic rings. The van der Waals surface area contributed by atoms with E-state index in [4.69, 9.17) is 11.6 Å². The fourth-order valence-electron chi connectivity index (χ4n) is 3.20. The van der Waals surface area contributed by atoms with E-state index in [1.165, 1.54) is 11.6 Å².